The van der Waals surface area contributed by atoms with Gasteiger partial charge in [0.15, 0.2) is 0 Å². The first kappa shape index (κ1) is 13.0. The minimum atomic E-state index is -0.710. The summed E-state index contributed by atoms with van der Waals surface area (Å²) >= 11 is 0. The molecule has 0 aromatic heterocycles. The van der Waals surface area contributed by atoms with Crippen LogP contribution in [0.4, 0.5) is 4.79 Å². The largest absolute Gasteiger partial charge is 0.447 e. The smallest absolute Gasteiger partial charge is 0.416 e. The molecule has 2 amide bonds. The molecular weight excluding hydrogens is 210 g/mol. The van der Waals surface area contributed by atoms with Gasteiger partial charge < -0.3 is 9.84 Å². The maximum Gasteiger partial charge on any atom is 0.416 e. The van der Waals surface area contributed by atoms with Gasteiger partial charge in [0.2, 0.25) is 5.91 Å². The minimum Gasteiger partial charge on any atom is -0.447 e. The number of nitrogens with zero attached hydrogens (tertiary/aromatic N) is 1. The van der Waals surface area contributed by atoms with Crippen molar-refractivity contribution in [1.82, 2.24) is 4.90 Å². The van der Waals surface area contributed by atoms with Crippen molar-refractivity contribution in [1.29, 1.82) is 0 Å². The second-order valence-electron chi connectivity index (χ2n) is 4.11. The Bertz CT molecular complexity index is 279. The topological polar surface area (TPSA) is 66.8 Å². The van der Waals surface area contributed by atoms with Crippen molar-refractivity contribution in [3.8, 4) is 0 Å². The number of imide groups is 1. The molecule has 1 N–H and O–H groups in total. The van der Waals surface area contributed by atoms with Gasteiger partial charge in [-0.3, -0.25) is 4.79 Å². The molecule has 1 rings (SSSR count). The molecule has 0 aliphatic carbocycles. The molecular formula is C11H19NO4. The summed E-state index contributed by atoms with van der Waals surface area (Å²) in [4.78, 5) is 24.5. The Morgan fingerprint density at radius 2 is 2.25 bits per heavy atom. The zero-order chi connectivity index (χ0) is 12.3. The fourth-order valence-corrected chi connectivity index (χ4v) is 1.77. The second-order valence-corrected chi connectivity index (χ2v) is 4.11. The highest BCUT2D eigenvalue weighted by atomic mass is 16.6. The van der Waals surface area contributed by atoms with Crippen LogP contribution >= 0.6 is 0 Å². The molecule has 0 unspecified atom stereocenters. The van der Waals surface area contributed by atoms with Crippen LogP contribution in [0.3, 0.4) is 0 Å². The fraction of sp³-hybridized carbons (Fsp3) is 0.818. The number of hydrogen-bond acceptors (Lipinski definition) is 4. The molecule has 0 spiro atoms. The van der Waals surface area contributed by atoms with Gasteiger partial charge in [0.05, 0.1) is 18.1 Å². The predicted molar refractivity (Wildman–Crippen MR) is 57.7 cm³/mol. The first-order chi connectivity index (χ1) is 7.52. The molecule has 3 atom stereocenters. The minimum absolute atomic E-state index is 0.188. The number of aliphatic hydroxyl groups excluding tert-OH is 1. The number of cyclic esters (lactones) is 1. The molecule has 1 fully saturated rings. The van der Waals surface area contributed by atoms with Gasteiger partial charge in [-0.1, -0.05) is 20.8 Å². The van der Waals surface area contributed by atoms with Crippen LogP contribution in [0.1, 0.15) is 33.6 Å². The van der Waals surface area contributed by atoms with Crippen molar-refractivity contribution >= 4 is 12.0 Å². The molecule has 0 bridgehead atoms. The van der Waals surface area contributed by atoms with Gasteiger partial charge in [0.1, 0.15) is 6.61 Å². The van der Waals surface area contributed by atoms with Crippen molar-refractivity contribution in [2.75, 3.05) is 6.61 Å². The quantitative estimate of drug-likeness (QED) is 0.785. The van der Waals surface area contributed by atoms with E-state index in [2.05, 4.69) is 0 Å². The van der Waals surface area contributed by atoms with Crippen molar-refractivity contribution in [2.24, 2.45) is 5.92 Å². The molecule has 5 heteroatoms. The van der Waals surface area contributed by atoms with Gasteiger partial charge in [0.25, 0.3) is 0 Å². The van der Waals surface area contributed by atoms with Gasteiger partial charge in [-0.25, -0.2) is 9.69 Å². The van der Waals surface area contributed by atoms with Gasteiger partial charge in [0, 0.05) is 0 Å². The number of carbonyl (C=O) groups is 2. The first-order valence-corrected chi connectivity index (χ1v) is 5.70. The maximum absolute atomic E-state index is 12.0. The Balaban J connectivity index is 2.75. The second kappa shape index (κ2) is 5.30. The van der Waals surface area contributed by atoms with Gasteiger partial charge in [-0.2, -0.15) is 0 Å². The van der Waals surface area contributed by atoms with Gasteiger partial charge in [-0.15, -0.1) is 0 Å². The normalized spacial score (nSPS) is 24.1. The lowest BCUT2D eigenvalue weighted by Gasteiger charge is -2.24. The summed E-state index contributed by atoms with van der Waals surface area (Å²) in [5.41, 5.74) is 0. The van der Waals surface area contributed by atoms with Crippen LogP contribution in [0.2, 0.25) is 0 Å². The van der Waals surface area contributed by atoms with E-state index in [4.69, 9.17) is 4.74 Å². The zero-order valence-corrected chi connectivity index (χ0v) is 9.97. The number of hydrogen-bond donors (Lipinski definition) is 1. The van der Waals surface area contributed by atoms with Crippen LogP contribution in [0.15, 0.2) is 0 Å². The molecule has 92 valence electrons. The lowest BCUT2D eigenvalue weighted by atomic mass is 10.0. The molecule has 1 heterocycles. The molecule has 16 heavy (non-hydrogen) atoms. The SMILES string of the molecule is CC[C@H]1COC(=O)N1C(=O)[C@@H](C)[C@H](O)CC. The zero-order valence-electron chi connectivity index (χ0n) is 9.97. The summed E-state index contributed by atoms with van der Waals surface area (Å²) in [5, 5.41) is 9.60. The third-order valence-corrected chi connectivity index (χ3v) is 3.05. The Morgan fingerprint density at radius 1 is 1.62 bits per heavy atom. The number of rotatable bonds is 4. The highest BCUT2D eigenvalue weighted by Crippen LogP contribution is 2.20. The molecule has 1 aliphatic rings. The highest BCUT2D eigenvalue weighted by Gasteiger charge is 2.39. The summed E-state index contributed by atoms with van der Waals surface area (Å²) in [7, 11) is 0. The van der Waals surface area contributed by atoms with Crippen molar-refractivity contribution < 1.29 is 19.4 Å². The summed E-state index contributed by atoms with van der Waals surface area (Å²) in [6.45, 7) is 5.59. The van der Waals surface area contributed by atoms with E-state index in [-0.39, 0.29) is 18.6 Å². The first-order valence-electron chi connectivity index (χ1n) is 5.70. The Labute approximate surface area is 95.4 Å². The third-order valence-electron chi connectivity index (χ3n) is 3.05. The van der Waals surface area contributed by atoms with E-state index in [9.17, 15) is 14.7 Å². The summed E-state index contributed by atoms with van der Waals surface area (Å²) < 4.78 is 4.84. The fourth-order valence-electron chi connectivity index (χ4n) is 1.77. The lowest BCUT2D eigenvalue weighted by Crippen LogP contribution is -2.44. The summed E-state index contributed by atoms with van der Waals surface area (Å²) in [5.74, 6) is -0.909. The van der Waals surface area contributed by atoms with Crippen molar-refractivity contribution in [3.05, 3.63) is 0 Å². The molecule has 0 saturated carbocycles. The maximum atomic E-state index is 12.0. The van der Waals surface area contributed by atoms with Gasteiger partial charge >= 0.3 is 6.09 Å². The lowest BCUT2D eigenvalue weighted by molar-refractivity contribution is -0.136. The molecule has 0 aromatic carbocycles. The number of aliphatic hydroxyl groups is 1. The molecule has 0 radical (unpaired) electrons. The third kappa shape index (κ3) is 2.35. The number of amides is 2. The van der Waals surface area contributed by atoms with Crippen LogP contribution in [0.25, 0.3) is 0 Å². The van der Waals surface area contributed by atoms with Gasteiger partial charge in [-0.05, 0) is 12.8 Å². The predicted octanol–water partition coefficient (Wildman–Crippen LogP) is 1.15. The summed E-state index contributed by atoms with van der Waals surface area (Å²) in [6, 6.07) is -0.188. The van der Waals surface area contributed by atoms with Crippen LogP contribution in [0, 0.1) is 5.92 Å². The molecule has 1 saturated heterocycles. The highest BCUT2D eigenvalue weighted by molar-refractivity contribution is 5.94. The van der Waals surface area contributed by atoms with E-state index in [1.807, 2.05) is 6.92 Å². The Hall–Kier alpha value is -1.10. The Kier molecular flexibility index (Phi) is 4.29. The average Bonchev–Trinajstić information content (AvgIpc) is 2.67. The van der Waals surface area contributed by atoms with Crippen LogP contribution in [-0.2, 0) is 9.53 Å². The van der Waals surface area contributed by atoms with E-state index in [0.29, 0.717) is 12.8 Å². The van der Waals surface area contributed by atoms with Crippen LogP contribution in [-0.4, -0.2) is 40.8 Å². The standard InChI is InChI=1S/C11H19NO4/c1-4-8-6-16-11(15)12(8)10(14)7(3)9(13)5-2/h7-9,13H,4-6H2,1-3H3/t7-,8-,9+/m0/s1. The van der Waals surface area contributed by atoms with Crippen LogP contribution in [0.5, 0.6) is 0 Å². The van der Waals surface area contributed by atoms with Crippen molar-refractivity contribution in [3.63, 3.8) is 0 Å². The molecule has 1 aliphatic heterocycles. The van der Waals surface area contributed by atoms with E-state index in [1.54, 1.807) is 13.8 Å². The average molecular weight is 229 g/mol. The summed E-state index contributed by atoms with van der Waals surface area (Å²) in [6.07, 6.45) is -0.135. The monoisotopic (exact) mass is 229 g/mol. The molecule has 5 nitrogen and oxygen atoms in total. The van der Waals surface area contributed by atoms with Crippen molar-refractivity contribution in [2.45, 2.75) is 45.8 Å². The van der Waals surface area contributed by atoms with E-state index < -0.39 is 18.1 Å². The van der Waals surface area contributed by atoms with E-state index >= 15 is 0 Å². The number of ether oxygens (including phenoxy) is 1. The Morgan fingerprint density at radius 3 is 2.75 bits per heavy atom. The number of carbonyl (C=O) groups excluding carboxylic acids is 2. The van der Waals surface area contributed by atoms with E-state index in [0.717, 1.165) is 4.90 Å². The van der Waals surface area contributed by atoms with Crippen LogP contribution < -0.4 is 0 Å². The molecule has 0 aromatic rings. The van der Waals surface area contributed by atoms with E-state index in [1.165, 1.54) is 0 Å².